The molecule has 0 saturated heterocycles. The summed E-state index contributed by atoms with van der Waals surface area (Å²) in [6.07, 6.45) is 0.728. The molecule has 118 valence electrons. The first-order chi connectivity index (χ1) is 9.76. The number of benzene rings is 1. The van der Waals surface area contributed by atoms with E-state index in [4.69, 9.17) is 9.47 Å². The Morgan fingerprint density at radius 3 is 2.48 bits per heavy atom. The van der Waals surface area contributed by atoms with Crippen LogP contribution in [0.1, 0.15) is 39.2 Å². The Kier molecular flexibility index (Phi) is 6.10. The molecule has 0 bridgehead atoms. The third-order valence-corrected chi connectivity index (χ3v) is 4.69. The van der Waals surface area contributed by atoms with Gasteiger partial charge in [0.2, 0.25) is 0 Å². The van der Waals surface area contributed by atoms with Gasteiger partial charge in [-0.25, -0.2) is 0 Å². The number of hydrogen-bond donors (Lipinski definition) is 2. The molecule has 0 aliphatic carbocycles. The zero-order valence-corrected chi connectivity index (χ0v) is 13.3. The van der Waals surface area contributed by atoms with Crippen molar-refractivity contribution in [2.75, 3.05) is 6.61 Å². The van der Waals surface area contributed by atoms with Gasteiger partial charge >= 0.3 is 13.6 Å². The monoisotopic (exact) mass is 316 g/mol. The Bertz CT molecular complexity index is 538. The van der Waals surface area contributed by atoms with Gasteiger partial charge in [-0.2, -0.15) is 0 Å². The molecule has 6 nitrogen and oxygen atoms in total. The molecule has 1 atom stereocenters. The van der Waals surface area contributed by atoms with Crippen LogP contribution >= 0.6 is 7.60 Å². The van der Waals surface area contributed by atoms with Crippen molar-refractivity contribution in [3.63, 3.8) is 0 Å². The highest BCUT2D eigenvalue weighted by Gasteiger charge is 2.48. The van der Waals surface area contributed by atoms with Gasteiger partial charge in [-0.05, 0) is 30.5 Å². The molecule has 0 aliphatic rings. The second-order valence-corrected chi connectivity index (χ2v) is 6.46. The van der Waals surface area contributed by atoms with E-state index in [0.717, 1.165) is 0 Å². The zero-order valence-electron chi connectivity index (χ0n) is 12.4. The maximum atomic E-state index is 12.0. The molecule has 0 aliphatic heterocycles. The van der Waals surface area contributed by atoms with E-state index in [0.29, 0.717) is 12.0 Å². The van der Waals surface area contributed by atoms with Gasteiger partial charge in [-0.15, -0.1) is 0 Å². The minimum Gasteiger partial charge on any atom is -0.427 e. The molecule has 0 heterocycles. The van der Waals surface area contributed by atoms with Crippen LogP contribution in [-0.2, 0) is 19.4 Å². The highest BCUT2D eigenvalue weighted by Crippen LogP contribution is 2.60. The average molecular weight is 316 g/mol. The average Bonchev–Trinajstić information content (AvgIpc) is 2.38. The van der Waals surface area contributed by atoms with Crippen molar-refractivity contribution in [1.82, 2.24) is 0 Å². The molecule has 1 unspecified atom stereocenters. The van der Waals surface area contributed by atoms with Crippen molar-refractivity contribution in [2.24, 2.45) is 0 Å². The fourth-order valence-electron chi connectivity index (χ4n) is 2.09. The molecule has 0 aromatic heterocycles. The van der Waals surface area contributed by atoms with Crippen LogP contribution in [0.15, 0.2) is 24.3 Å². The summed E-state index contributed by atoms with van der Waals surface area (Å²) < 4.78 is 22.5. The molecule has 1 rings (SSSR count). The van der Waals surface area contributed by atoms with Crippen molar-refractivity contribution in [3.8, 4) is 5.75 Å². The predicted octanol–water partition coefficient (Wildman–Crippen LogP) is 2.78. The van der Waals surface area contributed by atoms with E-state index in [1.165, 1.54) is 13.0 Å². The quantitative estimate of drug-likeness (QED) is 0.456. The number of ether oxygens (including phenoxy) is 2. The molecule has 0 amide bonds. The summed E-state index contributed by atoms with van der Waals surface area (Å²) >= 11 is 0. The summed E-state index contributed by atoms with van der Waals surface area (Å²) in [6, 6.07) is 6.11. The van der Waals surface area contributed by atoms with E-state index in [1.54, 1.807) is 25.1 Å². The third kappa shape index (κ3) is 4.14. The highest BCUT2D eigenvalue weighted by atomic mass is 31.2. The smallest absolute Gasteiger partial charge is 0.361 e. The number of esters is 1. The summed E-state index contributed by atoms with van der Waals surface area (Å²) in [4.78, 5) is 30.5. The first-order valence-corrected chi connectivity index (χ1v) is 8.36. The Balaban J connectivity index is 3.31. The van der Waals surface area contributed by atoms with Crippen LogP contribution in [-0.4, -0.2) is 22.4 Å². The molecule has 0 spiro atoms. The number of hydrogen-bond acceptors (Lipinski definition) is 4. The van der Waals surface area contributed by atoms with Crippen molar-refractivity contribution in [3.05, 3.63) is 29.8 Å². The van der Waals surface area contributed by atoms with Gasteiger partial charge < -0.3 is 19.3 Å². The van der Waals surface area contributed by atoms with Crippen LogP contribution in [0.5, 0.6) is 5.75 Å². The van der Waals surface area contributed by atoms with Crippen LogP contribution in [0.4, 0.5) is 0 Å². The lowest BCUT2D eigenvalue weighted by Gasteiger charge is -2.34. The second kappa shape index (κ2) is 7.18. The molecule has 1 aromatic carbocycles. The summed E-state index contributed by atoms with van der Waals surface area (Å²) in [5, 5.41) is -1.72. The van der Waals surface area contributed by atoms with Crippen molar-refractivity contribution in [1.29, 1.82) is 0 Å². The van der Waals surface area contributed by atoms with Crippen LogP contribution in [0.3, 0.4) is 0 Å². The number of carbonyl (C=O) groups excluding carboxylic acids is 1. The molecular weight excluding hydrogens is 295 g/mol. The summed E-state index contributed by atoms with van der Waals surface area (Å²) in [5.41, 5.74) is 0.297. The maximum Gasteiger partial charge on any atom is 0.361 e. The molecule has 0 fully saturated rings. The zero-order chi connectivity index (χ0) is 16.1. The van der Waals surface area contributed by atoms with Crippen LogP contribution < -0.4 is 4.74 Å². The van der Waals surface area contributed by atoms with Gasteiger partial charge in [-0.3, -0.25) is 9.36 Å². The van der Waals surface area contributed by atoms with Crippen LogP contribution in [0.25, 0.3) is 0 Å². The van der Waals surface area contributed by atoms with E-state index in [2.05, 4.69) is 0 Å². The molecule has 1 aromatic rings. The Morgan fingerprint density at radius 2 is 2.00 bits per heavy atom. The molecular formula is C14H21O6P. The summed E-state index contributed by atoms with van der Waals surface area (Å²) in [7, 11) is -4.58. The Labute approximate surface area is 124 Å². The van der Waals surface area contributed by atoms with Crippen molar-refractivity contribution < 1.29 is 28.6 Å². The first-order valence-electron chi connectivity index (χ1n) is 6.75. The van der Waals surface area contributed by atoms with E-state index in [-0.39, 0.29) is 18.8 Å². The standard InChI is InChI=1S/C14H21O6P/c1-4-9-19-14(5-2,21(16,17)18)12-7-6-8-13(10-12)20-11(3)15/h6-8,10H,4-5,9H2,1-3H3,(H2,16,17,18). The molecule has 7 heteroatoms. The van der Waals surface area contributed by atoms with Crippen LogP contribution in [0, 0.1) is 0 Å². The van der Waals surface area contributed by atoms with E-state index in [1.807, 2.05) is 6.92 Å². The fourth-order valence-corrected chi connectivity index (χ4v) is 3.23. The van der Waals surface area contributed by atoms with Gasteiger partial charge in [0.05, 0.1) is 0 Å². The van der Waals surface area contributed by atoms with Gasteiger partial charge in [0, 0.05) is 13.5 Å². The molecule has 0 radical (unpaired) electrons. The van der Waals surface area contributed by atoms with Gasteiger partial charge in [-0.1, -0.05) is 26.0 Å². The van der Waals surface area contributed by atoms with E-state index in [9.17, 15) is 19.1 Å². The van der Waals surface area contributed by atoms with Gasteiger partial charge in [0.15, 0.2) is 5.34 Å². The van der Waals surface area contributed by atoms with Gasteiger partial charge in [0.25, 0.3) is 0 Å². The third-order valence-electron chi connectivity index (χ3n) is 3.04. The summed E-state index contributed by atoms with van der Waals surface area (Å²) in [5.74, 6) is -0.272. The largest absolute Gasteiger partial charge is 0.427 e. The Morgan fingerprint density at radius 1 is 1.33 bits per heavy atom. The van der Waals surface area contributed by atoms with E-state index < -0.39 is 18.9 Å². The van der Waals surface area contributed by atoms with Crippen molar-refractivity contribution in [2.45, 2.75) is 39.0 Å². The lowest BCUT2D eigenvalue weighted by atomic mass is 10.1. The van der Waals surface area contributed by atoms with Gasteiger partial charge in [0.1, 0.15) is 5.75 Å². The molecule has 0 saturated carbocycles. The maximum absolute atomic E-state index is 12.0. The Hall–Kier alpha value is -1.20. The lowest BCUT2D eigenvalue weighted by Crippen LogP contribution is -2.29. The SMILES string of the molecule is CCCOC(CC)(c1cccc(OC(C)=O)c1)P(=O)(O)O. The number of carbonyl (C=O) groups is 1. The lowest BCUT2D eigenvalue weighted by molar-refractivity contribution is -0.131. The topological polar surface area (TPSA) is 93.1 Å². The molecule has 21 heavy (non-hydrogen) atoms. The molecule has 2 N–H and O–H groups in total. The minimum atomic E-state index is -4.58. The van der Waals surface area contributed by atoms with E-state index >= 15 is 0 Å². The fraction of sp³-hybridized carbons (Fsp3) is 0.500. The predicted molar refractivity (Wildman–Crippen MR) is 78.0 cm³/mol. The van der Waals surface area contributed by atoms with Crippen LogP contribution in [0.2, 0.25) is 0 Å². The normalized spacial score (nSPS) is 14.5. The number of rotatable bonds is 7. The minimum absolute atomic E-state index is 0.0980. The van der Waals surface area contributed by atoms with Crippen molar-refractivity contribution >= 4 is 13.6 Å². The first kappa shape index (κ1) is 17.9. The second-order valence-electron chi connectivity index (χ2n) is 4.65. The summed E-state index contributed by atoms with van der Waals surface area (Å²) in [6.45, 7) is 4.98. The highest BCUT2D eigenvalue weighted by molar-refractivity contribution is 7.52.